The molecule has 4 heteroatoms. The second-order valence-corrected chi connectivity index (χ2v) is 2.55. The predicted molar refractivity (Wildman–Crippen MR) is 51.8 cm³/mol. The van der Waals surface area contributed by atoms with Crippen molar-refractivity contribution >= 4 is 24.6 Å². The van der Waals surface area contributed by atoms with Gasteiger partial charge in [-0.1, -0.05) is 12.7 Å². The van der Waals surface area contributed by atoms with Crippen molar-refractivity contribution in [3.63, 3.8) is 0 Å². The minimum Gasteiger partial charge on any atom is -0.477 e. The molecule has 0 aromatic carbocycles. The molecule has 0 spiro atoms. The Morgan fingerprint density at radius 3 is 2.62 bits per heavy atom. The lowest BCUT2D eigenvalue weighted by Crippen LogP contribution is -1.98. The van der Waals surface area contributed by atoms with Gasteiger partial charge in [-0.25, -0.2) is 9.79 Å². The van der Waals surface area contributed by atoms with Crippen LogP contribution in [0.1, 0.15) is 21.6 Å². The van der Waals surface area contributed by atoms with E-state index in [1.54, 1.807) is 13.0 Å². The highest BCUT2D eigenvalue weighted by Crippen LogP contribution is 2.25. The Kier molecular flexibility index (Phi) is 2.32. The molecule has 1 aromatic rings. The molecule has 0 aliphatic heterocycles. The maximum Gasteiger partial charge on any atom is 0.352 e. The lowest BCUT2D eigenvalue weighted by atomic mass is 10.1. The lowest BCUT2D eigenvalue weighted by molar-refractivity contribution is 0.0690. The van der Waals surface area contributed by atoms with Crippen LogP contribution in [0.15, 0.2) is 11.6 Å². The molecule has 0 bridgehead atoms. The molecule has 0 atom stereocenters. The van der Waals surface area contributed by atoms with E-state index >= 15 is 0 Å². The monoisotopic (exact) mass is 178 g/mol. The molecular formula is C9H10N2O2. The zero-order valence-corrected chi connectivity index (χ0v) is 7.29. The highest BCUT2D eigenvalue weighted by molar-refractivity contribution is 5.90. The first-order valence-corrected chi connectivity index (χ1v) is 3.66. The maximum absolute atomic E-state index is 10.7. The van der Waals surface area contributed by atoms with Crippen LogP contribution in [0.5, 0.6) is 0 Å². The average molecular weight is 178 g/mol. The van der Waals surface area contributed by atoms with Crippen LogP contribution in [-0.2, 0) is 0 Å². The molecule has 4 nitrogen and oxygen atoms in total. The van der Waals surface area contributed by atoms with E-state index in [-0.39, 0.29) is 5.69 Å². The third-order valence-electron chi connectivity index (χ3n) is 1.85. The van der Waals surface area contributed by atoms with Gasteiger partial charge >= 0.3 is 5.97 Å². The Morgan fingerprint density at radius 2 is 2.31 bits per heavy atom. The van der Waals surface area contributed by atoms with E-state index in [0.717, 1.165) is 0 Å². The summed E-state index contributed by atoms with van der Waals surface area (Å²) < 4.78 is 0. The van der Waals surface area contributed by atoms with Crippen molar-refractivity contribution in [2.75, 3.05) is 0 Å². The third kappa shape index (κ3) is 1.38. The number of carboxylic acids is 1. The standard InChI is InChI=1S/C9H10N2O2/c1-4-6-5(2)7(9(12)13)11-8(6)10-3/h4,11H,1,3H2,2H3,(H,12,13). The minimum absolute atomic E-state index is 0.136. The van der Waals surface area contributed by atoms with Gasteiger partial charge in [-0.3, -0.25) is 0 Å². The van der Waals surface area contributed by atoms with Gasteiger partial charge in [0.05, 0.1) is 0 Å². The van der Waals surface area contributed by atoms with Crippen LogP contribution in [0.4, 0.5) is 5.82 Å². The smallest absolute Gasteiger partial charge is 0.352 e. The van der Waals surface area contributed by atoms with Crippen LogP contribution < -0.4 is 0 Å². The Morgan fingerprint density at radius 1 is 1.69 bits per heavy atom. The number of hydrogen-bond acceptors (Lipinski definition) is 2. The molecule has 68 valence electrons. The topological polar surface area (TPSA) is 65.5 Å². The third-order valence-corrected chi connectivity index (χ3v) is 1.85. The zero-order valence-electron chi connectivity index (χ0n) is 7.29. The Labute approximate surface area is 75.6 Å². The number of H-pyrrole nitrogens is 1. The molecule has 0 saturated heterocycles. The summed E-state index contributed by atoms with van der Waals surface area (Å²) in [7, 11) is 0. The first-order chi connectivity index (χ1) is 6.11. The van der Waals surface area contributed by atoms with Gasteiger partial charge in [-0.15, -0.1) is 0 Å². The summed E-state index contributed by atoms with van der Waals surface area (Å²) >= 11 is 0. The minimum atomic E-state index is -1.00. The van der Waals surface area contributed by atoms with Gasteiger partial charge in [-0.05, 0) is 19.2 Å². The normalized spacial score (nSPS) is 9.62. The second kappa shape index (κ2) is 3.26. The number of rotatable bonds is 3. The fourth-order valence-electron chi connectivity index (χ4n) is 1.18. The number of carboxylic acid groups (broad SMARTS) is 1. The van der Waals surface area contributed by atoms with E-state index in [1.807, 2.05) is 0 Å². The van der Waals surface area contributed by atoms with E-state index in [0.29, 0.717) is 16.9 Å². The fourth-order valence-corrected chi connectivity index (χ4v) is 1.18. The summed E-state index contributed by atoms with van der Waals surface area (Å²) in [4.78, 5) is 17.0. The maximum atomic E-state index is 10.7. The number of carbonyl (C=O) groups is 1. The van der Waals surface area contributed by atoms with Crippen molar-refractivity contribution in [3.8, 4) is 0 Å². The summed E-state index contributed by atoms with van der Waals surface area (Å²) in [6, 6.07) is 0. The molecule has 0 unspecified atom stereocenters. The largest absolute Gasteiger partial charge is 0.477 e. The van der Waals surface area contributed by atoms with Crippen molar-refractivity contribution in [2.45, 2.75) is 6.92 Å². The summed E-state index contributed by atoms with van der Waals surface area (Å²) in [5, 5.41) is 8.77. The first kappa shape index (κ1) is 9.25. The van der Waals surface area contributed by atoms with Crippen LogP contribution in [-0.4, -0.2) is 22.8 Å². The van der Waals surface area contributed by atoms with Gasteiger partial charge in [0.15, 0.2) is 0 Å². The highest BCUT2D eigenvalue weighted by atomic mass is 16.4. The quantitative estimate of drug-likeness (QED) is 0.695. The van der Waals surface area contributed by atoms with Crippen LogP contribution in [0, 0.1) is 6.92 Å². The van der Waals surface area contributed by atoms with Gasteiger partial charge in [0.1, 0.15) is 11.5 Å². The van der Waals surface area contributed by atoms with Crippen molar-refractivity contribution in [3.05, 3.63) is 23.4 Å². The van der Waals surface area contributed by atoms with E-state index in [4.69, 9.17) is 5.11 Å². The number of nitrogens with one attached hydrogen (secondary N) is 1. The molecule has 0 saturated carbocycles. The number of aliphatic imine (C=N–C) groups is 1. The predicted octanol–water partition coefficient (Wildman–Crippen LogP) is 2.00. The van der Waals surface area contributed by atoms with Crippen LogP contribution in [0.3, 0.4) is 0 Å². The summed E-state index contributed by atoms with van der Waals surface area (Å²) in [5.74, 6) is -0.555. The van der Waals surface area contributed by atoms with Crippen LogP contribution >= 0.6 is 0 Å². The van der Waals surface area contributed by atoms with Gasteiger partial charge < -0.3 is 10.1 Å². The molecule has 1 heterocycles. The molecule has 0 radical (unpaired) electrons. The van der Waals surface area contributed by atoms with Gasteiger partial charge in [0.25, 0.3) is 0 Å². The van der Waals surface area contributed by atoms with Gasteiger partial charge in [-0.2, -0.15) is 0 Å². The lowest BCUT2D eigenvalue weighted by Gasteiger charge is -1.91. The van der Waals surface area contributed by atoms with Crippen molar-refractivity contribution < 1.29 is 9.90 Å². The van der Waals surface area contributed by atoms with Gasteiger partial charge in [0, 0.05) is 5.56 Å². The van der Waals surface area contributed by atoms with Crippen molar-refractivity contribution in [2.24, 2.45) is 4.99 Å². The summed E-state index contributed by atoms with van der Waals surface area (Å²) in [6.07, 6.45) is 1.56. The number of aromatic nitrogens is 1. The number of aromatic carboxylic acids is 1. The number of hydrogen-bond donors (Lipinski definition) is 2. The van der Waals surface area contributed by atoms with E-state index in [9.17, 15) is 4.79 Å². The molecule has 0 fully saturated rings. The number of aromatic amines is 1. The SMILES string of the molecule is C=Cc1c(N=C)[nH]c(C(=O)O)c1C. The molecule has 0 aliphatic carbocycles. The molecular weight excluding hydrogens is 168 g/mol. The van der Waals surface area contributed by atoms with E-state index in [2.05, 4.69) is 23.3 Å². The molecule has 1 rings (SSSR count). The van der Waals surface area contributed by atoms with Crippen LogP contribution in [0.2, 0.25) is 0 Å². The van der Waals surface area contributed by atoms with E-state index < -0.39 is 5.97 Å². The van der Waals surface area contributed by atoms with Crippen LogP contribution in [0.25, 0.3) is 6.08 Å². The first-order valence-electron chi connectivity index (χ1n) is 3.66. The fraction of sp³-hybridized carbons (Fsp3) is 0.111. The van der Waals surface area contributed by atoms with Crippen molar-refractivity contribution in [1.29, 1.82) is 0 Å². The Balaban J connectivity index is 3.42. The zero-order chi connectivity index (χ0) is 10.0. The van der Waals surface area contributed by atoms with Gasteiger partial charge in [0.2, 0.25) is 0 Å². The highest BCUT2D eigenvalue weighted by Gasteiger charge is 2.15. The average Bonchev–Trinajstić information content (AvgIpc) is 2.41. The molecule has 0 aliphatic rings. The molecule has 1 aromatic heterocycles. The molecule has 0 amide bonds. The Bertz CT molecular complexity index is 377. The van der Waals surface area contributed by atoms with E-state index in [1.165, 1.54) is 0 Å². The molecule has 13 heavy (non-hydrogen) atoms. The number of nitrogens with zero attached hydrogens (tertiary/aromatic N) is 1. The van der Waals surface area contributed by atoms with Crippen molar-refractivity contribution in [1.82, 2.24) is 4.98 Å². The summed E-state index contributed by atoms with van der Waals surface area (Å²) in [6.45, 7) is 8.60. The Hall–Kier alpha value is -1.84. The molecule has 2 N–H and O–H groups in total. The summed E-state index contributed by atoms with van der Waals surface area (Å²) in [5.41, 5.74) is 1.45. The second-order valence-electron chi connectivity index (χ2n) is 2.55.